The fourth-order valence-electron chi connectivity index (χ4n) is 4.20. The summed E-state index contributed by atoms with van der Waals surface area (Å²) in [5.74, 6) is -0.190. The molecule has 2 aliphatic carbocycles. The van der Waals surface area contributed by atoms with E-state index in [2.05, 4.69) is 12.1 Å². The van der Waals surface area contributed by atoms with Gasteiger partial charge in [0.1, 0.15) is 0 Å². The molecular weight excluding hydrogens is 300 g/mol. The van der Waals surface area contributed by atoms with E-state index in [0.717, 1.165) is 42.4 Å². The van der Waals surface area contributed by atoms with Gasteiger partial charge in [-0.1, -0.05) is 30.3 Å². The van der Waals surface area contributed by atoms with Crippen molar-refractivity contribution in [3.05, 3.63) is 69.8 Å². The zero-order chi connectivity index (χ0) is 16.7. The number of esters is 1. The van der Waals surface area contributed by atoms with Gasteiger partial charge >= 0.3 is 5.97 Å². The van der Waals surface area contributed by atoms with E-state index in [-0.39, 0.29) is 17.7 Å². The van der Waals surface area contributed by atoms with Crippen molar-refractivity contribution in [2.45, 2.75) is 32.1 Å². The van der Waals surface area contributed by atoms with E-state index < -0.39 is 0 Å². The number of methoxy groups -OCH3 is 1. The van der Waals surface area contributed by atoms with Gasteiger partial charge < -0.3 is 4.74 Å². The second kappa shape index (κ2) is 5.90. The molecule has 0 bridgehead atoms. The van der Waals surface area contributed by atoms with E-state index >= 15 is 0 Å². The first-order valence-electron chi connectivity index (χ1n) is 8.53. The van der Waals surface area contributed by atoms with Gasteiger partial charge in [0.05, 0.1) is 12.7 Å². The van der Waals surface area contributed by atoms with Crippen LogP contribution in [0, 0.1) is 5.92 Å². The van der Waals surface area contributed by atoms with Gasteiger partial charge in [-0.2, -0.15) is 0 Å². The summed E-state index contributed by atoms with van der Waals surface area (Å²) >= 11 is 0. The monoisotopic (exact) mass is 320 g/mol. The number of carbonyl (C=O) groups is 2. The molecule has 24 heavy (non-hydrogen) atoms. The number of hydrogen-bond acceptors (Lipinski definition) is 3. The van der Waals surface area contributed by atoms with Crippen LogP contribution in [0.15, 0.2) is 36.4 Å². The third-order valence-electron chi connectivity index (χ3n) is 5.31. The van der Waals surface area contributed by atoms with E-state index in [1.54, 1.807) is 0 Å². The van der Waals surface area contributed by atoms with Crippen molar-refractivity contribution in [1.29, 1.82) is 0 Å². The van der Waals surface area contributed by atoms with Crippen LogP contribution < -0.4 is 0 Å². The third kappa shape index (κ3) is 2.35. The second-order valence-corrected chi connectivity index (χ2v) is 6.72. The molecule has 0 amide bonds. The summed E-state index contributed by atoms with van der Waals surface area (Å²) in [5.41, 5.74) is 5.83. The fraction of sp³-hybridized carbons (Fsp3) is 0.333. The van der Waals surface area contributed by atoms with E-state index in [1.807, 2.05) is 24.3 Å². The Morgan fingerprint density at radius 3 is 2.71 bits per heavy atom. The number of carbonyl (C=O) groups excluding carboxylic acids is 2. The lowest BCUT2D eigenvalue weighted by atomic mass is 9.94. The topological polar surface area (TPSA) is 43.4 Å². The molecule has 0 N–H and O–H groups in total. The van der Waals surface area contributed by atoms with Crippen LogP contribution in [0.25, 0.3) is 0 Å². The number of benzene rings is 2. The fourth-order valence-corrected chi connectivity index (χ4v) is 4.20. The van der Waals surface area contributed by atoms with E-state index in [4.69, 9.17) is 4.74 Å². The molecule has 0 heterocycles. The zero-order valence-electron chi connectivity index (χ0n) is 13.8. The largest absolute Gasteiger partial charge is 0.465 e. The van der Waals surface area contributed by atoms with Crippen LogP contribution in [0.5, 0.6) is 0 Å². The third-order valence-corrected chi connectivity index (χ3v) is 5.31. The Kier molecular flexibility index (Phi) is 3.72. The molecule has 1 atom stereocenters. The highest BCUT2D eigenvalue weighted by Gasteiger charge is 2.37. The van der Waals surface area contributed by atoms with Gasteiger partial charge in [-0.3, -0.25) is 4.79 Å². The Morgan fingerprint density at radius 1 is 1.17 bits per heavy atom. The Labute approximate surface area is 141 Å². The summed E-state index contributed by atoms with van der Waals surface area (Å²) in [5, 5.41) is 0. The van der Waals surface area contributed by atoms with E-state index in [1.165, 1.54) is 18.2 Å². The average molecular weight is 320 g/mol. The molecule has 0 saturated carbocycles. The smallest absolute Gasteiger partial charge is 0.338 e. The van der Waals surface area contributed by atoms with E-state index in [9.17, 15) is 9.59 Å². The minimum atomic E-state index is -0.325. The van der Waals surface area contributed by atoms with Crippen LogP contribution in [-0.2, 0) is 30.4 Å². The first-order chi connectivity index (χ1) is 11.7. The van der Waals surface area contributed by atoms with Crippen LogP contribution in [0.4, 0.5) is 0 Å². The van der Waals surface area contributed by atoms with Crippen molar-refractivity contribution in [2.24, 2.45) is 5.92 Å². The quantitative estimate of drug-likeness (QED) is 0.812. The van der Waals surface area contributed by atoms with Gasteiger partial charge in [0, 0.05) is 11.5 Å². The first kappa shape index (κ1) is 15.1. The predicted molar refractivity (Wildman–Crippen MR) is 91.5 cm³/mol. The number of fused-ring (bicyclic) bond motifs is 3. The highest BCUT2D eigenvalue weighted by Crippen LogP contribution is 2.39. The summed E-state index contributed by atoms with van der Waals surface area (Å²) in [6.07, 6.45) is 4.32. The molecule has 0 aliphatic heterocycles. The molecule has 2 aliphatic rings. The van der Waals surface area contributed by atoms with Crippen LogP contribution in [0.2, 0.25) is 0 Å². The average Bonchev–Trinajstić information content (AvgIpc) is 3.19. The van der Waals surface area contributed by atoms with Gasteiger partial charge in [0.25, 0.3) is 0 Å². The Hall–Kier alpha value is -2.42. The zero-order valence-corrected chi connectivity index (χ0v) is 13.8. The van der Waals surface area contributed by atoms with Crippen LogP contribution in [0.1, 0.15) is 49.4 Å². The molecule has 0 spiro atoms. The summed E-state index contributed by atoms with van der Waals surface area (Å²) in [6.45, 7) is 0. The maximum absolute atomic E-state index is 13.1. The summed E-state index contributed by atoms with van der Waals surface area (Å²) in [6, 6.07) is 12.1. The van der Waals surface area contributed by atoms with Gasteiger partial charge in [-0.15, -0.1) is 0 Å². The van der Waals surface area contributed by atoms with Gasteiger partial charge in [-0.25, -0.2) is 4.79 Å². The molecule has 4 rings (SSSR count). The van der Waals surface area contributed by atoms with Crippen molar-refractivity contribution >= 4 is 11.8 Å². The molecule has 0 unspecified atom stereocenters. The molecule has 3 nitrogen and oxygen atoms in total. The minimum Gasteiger partial charge on any atom is -0.465 e. The Morgan fingerprint density at radius 2 is 1.96 bits per heavy atom. The van der Waals surface area contributed by atoms with Crippen LogP contribution >= 0.6 is 0 Å². The number of Topliss-reactive ketones (excluding diaryl/α,β-unsaturated/α-hetero) is 1. The van der Waals surface area contributed by atoms with Crippen molar-refractivity contribution in [3.63, 3.8) is 0 Å². The molecule has 2 aromatic rings. The SMILES string of the molecule is COC(=O)c1cc2c(c3c1C[C@@H](Cc1ccccc1)C3=O)CCC2. The van der Waals surface area contributed by atoms with Crippen molar-refractivity contribution in [2.75, 3.05) is 7.11 Å². The van der Waals surface area contributed by atoms with Gasteiger partial charge in [0.2, 0.25) is 0 Å². The maximum atomic E-state index is 13.1. The number of aryl methyl sites for hydroxylation is 1. The van der Waals surface area contributed by atoms with Crippen molar-refractivity contribution in [1.82, 2.24) is 0 Å². The Balaban J connectivity index is 1.76. The summed E-state index contributed by atoms with van der Waals surface area (Å²) < 4.78 is 4.96. The molecule has 0 fully saturated rings. The lowest BCUT2D eigenvalue weighted by Crippen LogP contribution is -2.13. The first-order valence-corrected chi connectivity index (χ1v) is 8.53. The molecule has 3 heteroatoms. The number of ether oxygens (including phenoxy) is 1. The number of hydrogen-bond donors (Lipinski definition) is 0. The van der Waals surface area contributed by atoms with Gasteiger partial charge in [0.15, 0.2) is 5.78 Å². The molecular formula is C21H20O3. The minimum absolute atomic E-state index is 0.0714. The van der Waals surface area contributed by atoms with Crippen molar-refractivity contribution < 1.29 is 14.3 Å². The van der Waals surface area contributed by atoms with E-state index in [0.29, 0.717) is 12.0 Å². The van der Waals surface area contributed by atoms with Crippen LogP contribution in [0.3, 0.4) is 0 Å². The number of rotatable bonds is 3. The lowest BCUT2D eigenvalue weighted by Gasteiger charge is -2.11. The standard InChI is InChI=1S/C21H20O3/c1-24-21(23)18-11-14-8-5-9-16(14)19-17(18)12-15(20(19)22)10-13-6-3-2-4-7-13/h2-4,6-7,11,15H,5,8-10,12H2,1H3/t15-/m1/s1. The maximum Gasteiger partial charge on any atom is 0.338 e. The van der Waals surface area contributed by atoms with Crippen LogP contribution in [-0.4, -0.2) is 18.9 Å². The highest BCUT2D eigenvalue weighted by atomic mass is 16.5. The molecule has 0 radical (unpaired) electrons. The summed E-state index contributed by atoms with van der Waals surface area (Å²) in [7, 11) is 1.40. The Bertz CT molecular complexity index is 821. The number of ketones is 1. The molecule has 2 aromatic carbocycles. The van der Waals surface area contributed by atoms with Gasteiger partial charge in [-0.05, 0) is 60.4 Å². The van der Waals surface area contributed by atoms with Crippen molar-refractivity contribution in [3.8, 4) is 0 Å². The highest BCUT2D eigenvalue weighted by molar-refractivity contribution is 6.07. The summed E-state index contributed by atoms with van der Waals surface area (Å²) in [4.78, 5) is 25.3. The molecule has 0 saturated heterocycles. The molecule has 122 valence electrons. The second-order valence-electron chi connectivity index (χ2n) is 6.72. The normalized spacial score (nSPS) is 18.4. The predicted octanol–water partition coefficient (Wildman–Crippen LogP) is 3.56. The lowest BCUT2D eigenvalue weighted by molar-refractivity contribution is 0.0599. The molecule has 0 aromatic heterocycles.